The number of rotatable bonds is 5. The van der Waals surface area contributed by atoms with Crippen molar-refractivity contribution in [3.8, 4) is 5.75 Å². The quantitative estimate of drug-likeness (QED) is 0.519. The van der Waals surface area contributed by atoms with Crippen LogP contribution in [0.15, 0.2) is 24.3 Å². The highest BCUT2D eigenvalue weighted by Gasteiger charge is 2.18. The molecule has 0 aliphatic heterocycles. The molecule has 7 nitrogen and oxygen atoms in total. The Labute approximate surface area is 97.6 Å². The van der Waals surface area contributed by atoms with Crippen LogP contribution in [0.2, 0.25) is 0 Å². The van der Waals surface area contributed by atoms with Crippen molar-refractivity contribution in [2.24, 2.45) is 0 Å². The summed E-state index contributed by atoms with van der Waals surface area (Å²) < 4.78 is 0. The number of aliphatic carboxylic acids is 1. The van der Waals surface area contributed by atoms with Crippen LogP contribution in [0.3, 0.4) is 0 Å². The van der Waals surface area contributed by atoms with E-state index >= 15 is 0 Å². The molecule has 0 fully saturated rings. The normalized spacial score (nSPS) is 13.4. The zero-order valence-electron chi connectivity index (χ0n) is 8.53. The van der Waals surface area contributed by atoms with Crippen LogP contribution in [-0.4, -0.2) is 16.9 Å². The summed E-state index contributed by atoms with van der Waals surface area (Å²) >= 11 is 0. The van der Waals surface area contributed by atoms with Gasteiger partial charge in [0.2, 0.25) is 0 Å². The lowest BCUT2D eigenvalue weighted by Crippen LogP contribution is -2.50. The second kappa shape index (κ2) is 5.39. The molecular formula is C9H9NO6P-3. The standard InChI is InChI=1S/C9H12NO6P/c11-7-3-1-6(2-4-7)5-8(9(12)13)10-17(14,15)16/h1-4,8,11H,5H2,(H,12,13)(H3,10,14,15,16)/p-3/t8-/m0/s1. The first-order valence-corrected chi connectivity index (χ1v) is 6.14. The van der Waals surface area contributed by atoms with Crippen molar-refractivity contribution in [3.63, 3.8) is 0 Å². The fourth-order valence-electron chi connectivity index (χ4n) is 1.24. The van der Waals surface area contributed by atoms with Crippen molar-refractivity contribution in [1.29, 1.82) is 0 Å². The van der Waals surface area contributed by atoms with Gasteiger partial charge < -0.3 is 24.8 Å². The van der Waals surface area contributed by atoms with Gasteiger partial charge in [-0.15, -0.1) is 5.75 Å². The van der Waals surface area contributed by atoms with Crippen LogP contribution in [-0.2, 0) is 11.2 Å². The van der Waals surface area contributed by atoms with Crippen molar-refractivity contribution < 1.29 is 29.7 Å². The molecule has 0 amide bonds. The highest BCUT2D eigenvalue weighted by molar-refractivity contribution is 7.53. The van der Waals surface area contributed by atoms with Gasteiger partial charge in [0.1, 0.15) is 8.09 Å². The number of carbonyl (C=O) groups is 1. The molecule has 0 unspecified atom stereocenters. The van der Waals surface area contributed by atoms with Gasteiger partial charge in [0.05, 0.1) is 12.0 Å². The molecule has 0 bridgehead atoms. The Hall–Kier alpha value is -1.24. The number of carboxylic acid groups (broad SMARTS) is 1. The van der Waals surface area contributed by atoms with E-state index in [1.54, 1.807) is 0 Å². The SMILES string of the molecule is O=C([O-])[C@H](Cc1ccc([O-])cc1)N[P+]([O-])([O-])O. The maximum absolute atomic E-state index is 10.8. The van der Waals surface area contributed by atoms with Gasteiger partial charge in [0, 0.05) is 0 Å². The lowest BCUT2D eigenvalue weighted by molar-refractivity contribution is -0.340. The summed E-state index contributed by atoms with van der Waals surface area (Å²) in [6.07, 6.45) is -0.227. The maximum atomic E-state index is 10.8. The van der Waals surface area contributed by atoms with Crippen molar-refractivity contribution >= 4 is 14.1 Å². The lowest BCUT2D eigenvalue weighted by Gasteiger charge is -2.32. The van der Waals surface area contributed by atoms with Crippen molar-refractivity contribution in [2.75, 3.05) is 0 Å². The summed E-state index contributed by atoms with van der Waals surface area (Å²) in [5.74, 6) is -1.91. The minimum absolute atomic E-state index is 0.227. The van der Waals surface area contributed by atoms with Gasteiger partial charge in [-0.25, -0.2) is 4.89 Å². The first-order chi connectivity index (χ1) is 7.78. The van der Waals surface area contributed by atoms with Gasteiger partial charge in [-0.1, -0.05) is 24.3 Å². The van der Waals surface area contributed by atoms with E-state index in [2.05, 4.69) is 0 Å². The van der Waals surface area contributed by atoms with Gasteiger partial charge in [0.15, 0.2) is 0 Å². The average molecular weight is 258 g/mol. The Morgan fingerprint density at radius 1 is 1.35 bits per heavy atom. The number of nitrogens with one attached hydrogen (secondary N) is 1. The van der Waals surface area contributed by atoms with E-state index in [-0.39, 0.29) is 12.2 Å². The van der Waals surface area contributed by atoms with Crippen LogP contribution in [0.4, 0.5) is 0 Å². The first-order valence-electron chi connectivity index (χ1n) is 4.56. The Bertz CT molecular complexity index is 387. The molecule has 1 aromatic carbocycles. The summed E-state index contributed by atoms with van der Waals surface area (Å²) in [5, 5.41) is 23.0. The second-order valence-corrected chi connectivity index (χ2v) is 4.67. The number of carbonyl (C=O) groups excluding carboxylic acids is 1. The minimum Gasteiger partial charge on any atom is -0.872 e. The molecule has 1 aromatic rings. The number of carboxylic acids is 1. The Morgan fingerprint density at radius 2 is 1.88 bits per heavy atom. The molecule has 0 radical (unpaired) electrons. The number of hydrogen-bond acceptors (Lipinski definition) is 7. The Morgan fingerprint density at radius 3 is 2.29 bits per heavy atom. The molecule has 1 atom stereocenters. The van der Waals surface area contributed by atoms with E-state index in [1.165, 1.54) is 29.4 Å². The van der Waals surface area contributed by atoms with Crippen molar-refractivity contribution in [2.45, 2.75) is 12.5 Å². The monoisotopic (exact) mass is 258 g/mol. The van der Waals surface area contributed by atoms with Crippen LogP contribution in [0.5, 0.6) is 5.75 Å². The van der Waals surface area contributed by atoms with Crippen LogP contribution < -0.4 is 25.1 Å². The van der Waals surface area contributed by atoms with Gasteiger partial charge >= 0.3 is 0 Å². The fraction of sp³-hybridized carbons (Fsp3) is 0.222. The predicted octanol–water partition coefficient (Wildman–Crippen LogP) is -3.60. The van der Waals surface area contributed by atoms with Crippen molar-refractivity contribution in [1.82, 2.24) is 5.09 Å². The minimum atomic E-state index is -4.90. The second-order valence-electron chi connectivity index (χ2n) is 3.37. The van der Waals surface area contributed by atoms with Crippen LogP contribution in [0.25, 0.3) is 0 Å². The molecule has 0 heterocycles. The third-order valence-corrected chi connectivity index (χ3v) is 2.60. The Balaban J connectivity index is 2.73. The predicted molar refractivity (Wildman–Crippen MR) is 50.7 cm³/mol. The smallest absolute Gasteiger partial charge is 0.122 e. The molecule has 17 heavy (non-hydrogen) atoms. The summed E-state index contributed by atoms with van der Waals surface area (Å²) in [6, 6.07) is 3.59. The summed E-state index contributed by atoms with van der Waals surface area (Å²) in [4.78, 5) is 40.2. The highest BCUT2D eigenvalue weighted by atomic mass is 31.2. The summed E-state index contributed by atoms with van der Waals surface area (Å²) in [7, 11) is -4.90. The third-order valence-electron chi connectivity index (χ3n) is 1.97. The summed E-state index contributed by atoms with van der Waals surface area (Å²) in [5.41, 5.74) is 0.430. The molecular weight excluding hydrogens is 249 g/mol. The lowest BCUT2D eigenvalue weighted by atomic mass is 10.1. The largest absolute Gasteiger partial charge is 0.872 e. The topological polar surface area (TPSA) is 142 Å². The first kappa shape index (κ1) is 13.8. The van der Waals surface area contributed by atoms with Gasteiger partial charge in [0.25, 0.3) is 0 Å². The average Bonchev–Trinajstić information content (AvgIpc) is 2.18. The number of benzene rings is 1. The van der Waals surface area contributed by atoms with Crippen LogP contribution in [0, 0.1) is 0 Å². The van der Waals surface area contributed by atoms with E-state index in [0.717, 1.165) is 0 Å². The molecule has 0 saturated heterocycles. The molecule has 0 spiro atoms. The van der Waals surface area contributed by atoms with Gasteiger partial charge in [-0.2, -0.15) is 5.09 Å². The van der Waals surface area contributed by atoms with Crippen LogP contribution >= 0.6 is 8.09 Å². The molecule has 94 valence electrons. The highest BCUT2D eigenvalue weighted by Crippen LogP contribution is 2.28. The molecule has 0 aliphatic carbocycles. The van der Waals surface area contributed by atoms with E-state index in [9.17, 15) is 24.8 Å². The third kappa shape index (κ3) is 5.08. The molecule has 2 N–H and O–H groups in total. The van der Waals surface area contributed by atoms with Gasteiger partial charge in [-0.3, -0.25) is 0 Å². The molecule has 0 aromatic heterocycles. The molecule has 0 aliphatic rings. The van der Waals surface area contributed by atoms with Gasteiger partial charge in [-0.05, 0) is 12.0 Å². The Kier molecular flexibility index (Phi) is 4.39. The zero-order valence-corrected chi connectivity index (χ0v) is 9.42. The molecule has 0 saturated carbocycles. The maximum Gasteiger partial charge on any atom is 0.122 e. The molecule has 8 heteroatoms. The van der Waals surface area contributed by atoms with E-state index < -0.39 is 20.1 Å². The van der Waals surface area contributed by atoms with Crippen molar-refractivity contribution in [3.05, 3.63) is 29.8 Å². The van der Waals surface area contributed by atoms with E-state index in [1.807, 2.05) is 0 Å². The summed E-state index contributed by atoms with van der Waals surface area (Å²) in [6.45, 7) is 0. The molecule has 1 rings (SSSR count). The van der Waals surface area contributed by atoms with Crippen LogP contribution in [0.1, 0.15) is 5.56 Å². The number of hydrogen-bond donors (Lipinski definition) is 2. The fourth-order valence-corrected chi connectivity index (χ4v) is 1.83. The van der Waals surface area contributed by atoms with E-state index in [4.69, 9.17) is 4.89 Å². The van der Waals surface area contributed by atoms with E-state index in [0.29, 0.717) is 5.56 Å². The zero-order chi connectivity index (χ0) is 13.1.